The zero-order valence-corrected chi connectivity index (χ0v) is 22.1. The van der Waals surface area contributed by atoms with Crippen molar-refractivity contribution < 1.29 is 0 Å². The summed E-state index contributed by atoms with van der Waals surface area (Å²) in [6.45, 7) is 2.22. The van der Waals surface area contributed by atoms with Gasteiger partial charge in [-0.15, -0.1) is 0 Å². The first-order chi connectivity index (χ1) is 19.7. The van der Waals surface area contributed by atoms with Gasteiger partial charge in [-0.2, -0.15) is 0 Å². The summed E-state index contributed by atoms with van der Waals surface area (Å²) >= 11 is 0. The van der Waals surface area contributed by atoms with E-state index in [4.69, 9.17) is 19.9 Å². The average Bonchev–Trinajstić information content (AvgIpc) is 3.42. The van der Waals surface area contributed by atoms with E-state index in [0.717, 1.165) is 51.2 Å². The van der Waals surface area contributed by atoms with Gasteiger partial charge in [0.2, 0.25) is 0 Å². The van der Waals surface area contributed by atoms with Crippen molar-refractivity contribution in [1.29, 1.82) is 0 Å². The molecule has 5 nitrogen and oxygen atoms in total. The highest BCUT2D eigenvalue weighted by Crippen LogP contribution is 2.35. The van der Waals surface area contributed by atoms with E-state index in [1.54, 1.807) is 0 Å². The van der Waals surface area contributed by atoms with Crippen LogP contribution in [0.25, 0.3) is 56.5 Å². The van der Waals surface area contributed by atoms with Gasteiger partial charge in [0.05, 0.1) is 11.0 Å². The van der Waals surface area contributed by atoms with Crippen molar-refractivity contribution >= 4 is 16.6 Å². The molecule has 0 saturated carbocycles. The van der Waals surface area contributed by atoms with Crippen LogP contribution >= 0.6 is 0 Å². The van der Waals surface area contributed by atoms with Gasteiger partial charge in [-0.25, -0.2) is 19.9 Å². The molecule has 40 heavy (non-hydrogen) atoms. The molecular weight excluding hydrogens is 490 g/mol. The Morgan fingerprint density at radius 1 is 0.625 bits per heavy atom. The van der Waals surface area contributed by atoms with E-state index < -0.39 is 0 Å². The quantitative estimate of drug-likeness (QED) is 0.231. The van der Waals surface area contributed by atoms with E-state index in [1.165, 1.54) is 0 Å². The minimum atomic E-state index is 0.505. The maximum absolute atomic E-state index is 5.12. The molecule has 2 heterocycles. The summed E-state index contributed by atoms with van der Waals surface area (Å²) in [6.07, 6.45) is 7.53. The van der Waals surface area contributed by atoms with Crippen LogP contribution in [0.5, 0.6) is 0 Å². The predicted molar refractivity (Wildman–Crippen MR) is 162 cm³/mol. The summed E-state index contributed by atoms with van der Waals surface area (Å²) in [5.74, 6) is 3.31. The summed E-state index contributed by atoms with van der Waals surface area (Å²) in [5.41, 5.74) is 6.87. The van der Waals surface area contributed by atoms with Crippen LogP contribution in [-0.4, -0.2) is 24.5 Å². The number of para-hydroxylation sites is 3. The second-order valence-electron chi connectivity index (χ2n) is 10.0. The summed E-state index contributed by atoms with van der Waals surface area (Å²) in [4.78, 5) is 20.1. The van der Waals surface area contributed by atoms with Crippen molar-refractivity contribution in [2.45, 2.75) is 13.3 Å². The van der Waals surface area contributed by atoms with Crippen molar-refractivity contribution in [3.05, 3.63) is 133 Å². The minimum absolute atomic E-state index is 0.505. The van der Waals surface area contributed by atoms with Gasteiger partial charge in [0.15, 0.2) is 17.5 Å². The first kappa shape index (κ1) is 23.9. The smallest absolute Gasteiger partial charge is 0.164 e. The average molecular weight is 518 g/mol. The molecule has 0 spiro atoms. The van der Waals surface area contributed by atoms with Crippen LogP contribution in [0.3, 0.4) is 0 Å². The topological polar surface area (TPSA) is 56.5 Å². The van der Waals surface area contributed by atoms with Crippen LogP contribution in [0.15, 0.2) is 127 Å². The number of rotatable bonds is 5. The van der Waals surface area contributed by atoms with E-state index >= 15 is 0 Å². The zero-order valence-electron chi connectivity index (χ0n) is 22.1. The maximum Gasteiger partial charge on any atom is 0.164 e. The Morgan fingerprint density at radius 3 is 2.05 bits per heavy atom. The molecule has 0 bridgehead atoms. The second kappa shape index (κ2) is 10.2. The van der Waals surface area contributed by atoms with Crippen molar-refractivity contribution in [2.75, 3.05) is 0 Å². The van der Waals surface area contributed by atoms with E-state index in [9.17, 15) is 0 Å². The minimum Gasteiger partial charge on any atom is -0.292 e. The molecular formula is C35H27N5. The first-order valence-electron chi connectivity index (χ1n) is 13.6. The van der Waals surface area contributed by atoms with Crippen LogP contribution < -0.4 is 0 Å². The molecule has 1 unspecified atom stereocenters. The molecule has 1 aliphatic carbocycles. The number of fused-ring (bicyclic) bond motifs is 1. The third-order valence-electron chi connectivity index (χ3n) is 7.22. The zero-order chi connectivity index (χ0) is 26.9. The van der Waals surface area contributed by atoms with Crippen LogP contribution in [0.1, 0.15) is 19.2 Å². The largest absolute Gasteiger partial charge is 0.292 e. The lowest BCUT2D eigenvalue weighted by molar-refractivity contribution is 0.738. The van der Waals surface area contributed by atoms with Gasteiger partial charge in [0.1, 0.15) is 5.82 Å². The molecule has 6 aromatic rings. The van der Waals surface area contributed by atoms with Crippen LogP contribution in [-0.2, 0) is 0 Å². The number of hydrogen-bond acceptors (Lipinski definition) is 4. The molecule has 0 aliphatic heterocycles. The Kier molecular flexibility index (Phi) is 6.09. The SMILES string of the molecule is CC1C=CC(c2nc(-c3ccccc3)nc(-c3ccccc3-c3nc4ccccc4n3-c3ccccc3)n2)=CC1. The molecule has 192 valence electrons. The number of imidazole rings is 1. The molecule has 1 aliphatic rings. The third kappa shape index (κ3) is 4.41. The highest BCUT2D eigenvalue weighted by Gasteiger charge is 2.21. The normalized spacial score (nSPS) is 14.8. The standard InChI is InChI=1S/C35H27N5/c1-24-20-22-26(23-21-24)33-37-32(25-12-4-2-5-13-25)38-34(39-33)28-16-8-9-17-29(28)35-36-30-18-10-11-19-31(30)40(35)27-14-6-3-7-15-27/h2-20,22-24H,21H2,1H3. The lowest BCUT2D eigenvalue weighted by Crippen LogP contribution is -2.05. The Balaban J connectivity index is 1.46. The fourth-order valence-corrected chi connectivity index (χ4v) is 5.15. The molecule has 7 rings (SSSR count). The van der Waals surface area contributed by atoms with Crippen molar-refractivity contribution in [3.63, 3.8) is 0 Å². The highest BCUT2D eigenvalue weighted by molar-refractivity contribution is 5.87. The Bertz CT molecular complexity index is 1880. The van der Waals surface area contributed by atoms with E-state index in [2.05, 4.69) is 84.3 Å². The number of hydrogen-bond donors (Lipinski definition) is 0. The van der Waals surface area contributed by atoms with Crippen molar-refractivity contribution in [1.82, 2.24) is 24.5 Å². The maximum atomic E-state index is 5.12. The summed E-state index contributed by atoms with van der Waals surface area (Å²) in [7, 11) is 0. The van der Waals surface area contributed by atoms with E-state index in [0.29, 0.717) is 23.4 Å². The van der Waals surface area contributed by atoms with E-state index in [1.807, 2.05) is 54.6 Å². The number of benzene rings is 4. The Labute approximate surface area is 233 Å². The van der Waals surface area contributed by atoms with Crippen LogP contribution in [0.2, 0.25) is 0 Å². The predicted octanol–water partition coefficient (Wildman–Crippen LogP) is 8.19. The number of allylic oxidation sites excluding steroid dienone is 4. The molecule has 0 saturated heterocycles. The van der Waals surface area contributed by atoms with Gasteiger partial charge < -0.3 is 0 Å². The number of nitrogens with zero attached hydrogens (tertiary/aromatic N) is 5. The molecule has 0 radical (unpaired) electrons. The molecule has 0 N–H and O–H groups in total. The molecule has 1 atom stereocenters. The van der Waals surface area contributed by atoms with Gasteiger partial charge in [0, 0.05) is 28.0 Å². The van der Waals surface area contributed by atoms with Gasteiger partial charge in [0.25, 0.3) is 0 Å². The highest BCUT2D eigenvalue weighted by atomic mass is 15.1. The van der Waals surface area contributed by atoms with Crippen LogP contribution in [0.4, 0.5) is 0 Å². The Morgan fingerprint density at radius 2 is 1.27 bits per heavy atom. The molecule has 2 aromatic heterocycles. The fourth-order valence-electron chi connectivity index (χ4n) is 5.15. The molecule has 0 fully saturated rings. The fraction of sp³-hybridized carbons (Fsp3) is 0.0857. The summed E-state index contributed by atoms with van der Waals surface area (Å²) in [5, 5.41) is 0. The van der Waals surface area contributed by atoms with Gasteiger partial charge >= 0.3 is 0 Å². The second-order valence-corrected chi connectivity index (χ2v) is 10.0. The summed E-state index contributed by atoms with van der Waals surface area (Å²) < 4.78 is 2.21. The lowest BCUT2D eigenvalue weighted by atomic mass is 9.98. The van der Waals surface area contributed by atoms with Gasteiger partial charge in [-0.05, 0) is 36.6 Å². The summed E-state index contributed by atoms with van der Waals surface area (Å²) in [6, 6.07) is 36.9. The Hall–Kier alpha value is -5.16. The molecule has 5 heteroatoms. The molecule has 4 aromatic carbocycles. The van der Waals surface area contributed by atoms with Crippen molar-refractivity contribution in [2.24, 2.45) is 5.92 Å². The lowest BCUT2D eigenvalue weighted by Gasteiger charge is -2.15. The van der Waals surface area contributed by atoms with Gasteiger partial charge in [-0.1, -0.05) is 110 Å². The van der Waals surface area contributed by atoms with Gasteiger partial charge in [-0.3, -0.25) is 4.57 Å². The first-order valence-corrected chi connectivity index (χ1v) is 13.6. The monoisotopic (exact) mass is 517 g/mol. The number of aromatic nitrogens is 5. The van der Waals surface area contributed by atoms with Crippen LogP contribution in [0, 0.1) is 5.92 Å². The van der Waals surface area contributed by atoms with Crippen molar-refractivity contribution in [3.8, 4) is 39.9 Å². The van der Waals surface area contributed by atoms with E-state index in [-0.39, 0.29) is 0 Å². The third-order valence-corrected chi connectivity index (χ3v) is 7.22. The molecule has 0 amide bonds.